The van der Waals surface area contributed by atoms with Crippen molar-refractivity contribution in [1.82, 2.24) is 25.3 Å². The van der Waals surface area contributed by atoms with Gasteiger partial charge in [-0.3, -0.25) is 0 Å². The number of nitrogens with zero attached hydrogens (tertiary/aromatic N) is 5. The number of hydrogen-bond acceptors (Lipinski definition) is 7. The molecule has 7 nitrogen and oxygen atoms in total. The minimum absolute atomic E-state index is 0.486. The summed E-state index contributed by atoms with van der Waals surface area (Å²) in [4.78, 5) is 20.2. The third-order valence-corrected chi connectivity index (χ3v) is 5.61. The van der Waals surface area contributed by atoms with Crippen molar-refractivity contribution in [2.24, 2.45) is 0 Å². The van der Waals surface area contributed by atoms with Gasteiger partial charge in [0.2, 0.25) is 0 Å². The van der Waals surface area contributed by atoms with Crippen LogP contribution in [-0.2, 0) is 0 Å². The van der Waals surface area contributed by atoms with Gasteiger partial charge in [0.05, 0.1) is 11.1 Å². The topological polar surface area (TPSA) is 92.9 Å². The van der Waals surface area contributed by atoms with Gasteiger partial charge < -0.3 is 16.0 Å². The average molecular weight is 408 g/mol. The number of fused-ring (bicyclic) bond motifs is 1. The monoisotopic (exact) mass is 407 g/mol. The van der Waals surface area contributed by atoms with Crippen molar-refractivity contribution < 1.29 is 0 Å². The van der Waals surface area contributed by atoms with Gasteiger partial charge in [-0.15, -0.1) is 0 Å². The standard InChI is InChI=1S/C21H26N6.C2H7N/c1-3-27(2)21-15(10-7-11-23-21)17-12-16(14-8-5-4-6-9-14)18-19(22)24-13-25-20(18)26-17;1-3-2/h7,10-14H,3-6,8-9H2,1-2H3,(H2,22,24,25,26);3H,1-2H3. The predicted octanol–water partition coefficient (Wildman–Crippen LogP) is 4.01. The van der Waals surface area contributed by atoms with Crippen molar-refractivity contribution >= 4 is 22.7 Å². The van der Waals surface area contributed by atoms with Crippen LogP contribution in [0.25, 0.3) is 22.3 Å². The van der Waals surface area contributed by atoms with E-state index in [-0.39, 0.29) is 0 Å². The molecule has 0 aliphatic heterocycles. The summed E-state index contributed by atoms with van der Waals surface area (Å²) in [5.41, 5.74) is 10.1. The maximum absolute atomic E-state index is 6.24. The number of nitrogen functional groups attached to an aromatic ring is 1. The van der Waals surface area contributed by atoms with Gasteiger partial charge in [0.1, 0.15) is 18.0 Å². The Bertz CT molecular complexity index is 967. The van der Waals surface area contributed by atoms with Crippen molar-refractivity contribution in [3.05, 3.63) is 36.3 Å². The number of nitrogens with one attached hydrogen (secondary N) is 1. The predicted molar refractivity (Wildman–Crippen MR) is 125 cm³/mol. The summed E-state index contributed by atoms with van der Waals surface area (Å²) in [5, 5.41) is 3.67. The molecule has 160 valence electrons. The van der Waals surface area contributed by atoms with Gasteiger partial charge in [-0.25, -0.2) is 19.9 Å². The second-order valence-corrected chi connectivity index (χ2v) is 7.78. The third-order valence-electron chi connectivity index (χ3n) is 5.61. The molecule has 0 unspecified atom stereocenters. The molecule has 0 spiro atoms. The van der Waals surface area contributed by atoms with E-state index >= 15 is 0 Å². The van der Waals surface area contributed by atoms with Gasteiger partial charge in [0.15, 0.2) is 5.65 Å². The van der Waals surface area contributed by atoms with E-state index in [1.807, 2.05) is 26.4 Å². The Kier molecular flexibility index (Phi) is 7.52. The maximum atomic E-state index is 6.24. The van der Waals surface area contributed by atoms with E-state index in [0.717, 1.165) is 29.0 Å². The molecule has 1 aliphatic rings. The molecule has 0 saturated heterocycles. The summed E-state index contributed by atoms with van der Waals surface area (Å²) in [7, 11) is 5.80. The molecule has 3 aromatic heterocycles. The molecule has 0 radical (unpaired) electrons. The maximum Gasteiger partial charge on any atom is 0.165 e. The highest BCUT2D eigenvalue weighted by Gasteiger charge is 2.22. The summed E-state index contributed by atoms with van der Waals surface area (Å²) in [6, 6.07) is 6.24. The lowest BCUT2D eigenvalue weighted by atomic mass is 9.82. The first-order chi connectivity index (χ1) is 14.6. The van der Waals surface area contributed by atoms with E-state index in [1.165, 1.54) is 44.0 Å². The first kappa shape index (κ1) is 21.9. The molecule has 0 atom stereocenters. The molecular formula is C23H33N7. The highest BCUT2D eigenvalue weighted by molar-refractivity contribution is 5.91. The summed E-state index contributed by atoms with van der Waals surface area (Å²) >= 11 is 0. The molecule has 30 heavy (non-hydrogen) atoms. The van der Waals surface area contributed by atoms with Gasteiger partial charge in [-0.2, -0.15) is 0 Å². The van der Waals surface area contributed by atoms with E-state index in [4.69, 9.17) is 10.7 Å². The van der Waals surface area contributed by atoms with E-state index in [1.54, 1.807) is 0 Å². The van der Waals surface area contributed by atoms with Crippen molar-refractivity contribution in [2.75, 3.05) is 38.3 Å². The molecule has 3 aromatic rings. The molecule has 1 saturated carbocycles. The summed E-state index contributed by atoms with van der Waals surface area (Å²) in [5.74, 6) is 1.94. The zero-order valence-corrected chi connectivity index (χ0v) is 18.5. The second-order valence-electron chi connectivity index (χ2n) is 7.78. The van der Waals surface area contributed by atoms with Crippen LogP contribution in [0, 0.1) is 0 Å². The minimum atomic E-state index is 0.486. The fourth-order valence-electron chi connectivity index (χ4n) is 4.04. The fraction of sp³-hybridized carbons (Fsp3) is 0.478. The number of pyridine rings is 2. The Morgan fingerprint density at radius 2 is 1.87 bits per heavy atom. The van der Waals surface area contributed by atoms with Crippen LogP contribution >= 0.6 is 0 Å². The highest BCUT2D eigenvalue weighted by atomic mass is 15.2. The van der Waals surface area contributed by atoms with E-state index in [2.05, 4.69) is 51.3 Å². The van der Waals surface area contributed by atoms with Gasteiger partial charge >= 0.3 is 0 Å². The van der Waals surface area contributed by atoms with Crippen LogP contribution in [0.1, 0.15) is 50.5 Å². The smallest absolute Gasteiger partial charge is 0.165 e. The Morgan fingerprint density at radius 1 is 1.13 bits per heavy atom. The lowest BCUT2D eigenvalue weighted by Gasteiger charge is -2.24. The quantitative estimate of drug-likeness (QED) is 0.675. The van der Waals surface area contributed by atoms with Crippen LogP contribution in [0.15, 0.2) is 30.7 Å². The fourth-order valence-corrected chi connectivity index (χ4v) is 4.04. The first-order valence-corrected chi connectivity index (χ1v) is 10.8. The summed E-state index contributed by atoms with van der Waals surface area (Å²) in [6.07, 6.45) is 9.52. The zero-order chi connectivity index (χ0) is 21.5. The first-order valence-electron chi connectivity index (χ1n) is 10.8. The minimum Gasteiger partial charge on any atom is -0.383 e. The Hall–Kier alpha value is -2.80. The molecule has 0 amide bonds. The van der Waals surface area contributed by atoms with Gasteiger partial charge in [-0.05, 0) is 63.5 Å². The summed E-state index contributed by atoms with van der Waals surface area (Å²) in [6.45, 7) is 3.00. The largest absolute Gasteiger partial charge is 0.383 e. The van der Waals surface area contributed by atoms with Crippen LogP contribution in [-0.4, -0.2) is 47.6 Å². The normalized spacial score (nSPS) is 14.3. The van der Waals surface area contributed by atoms with Crippen molar-refractivity contribution in [1.29, 1.82) is 0 Å². The van der Waals surface area contributed by atoms with Crippen LogP contribution in [0.5, 0.6) is 0 Å². The van der Waals surface area contributed by atoms with E-state index in [9.17, 15) is 0 Å². The second kappa shape index (κ2) is 10.3. The van der Waals surface area contributed by atoms with Crippen LogP contribution in [0.2, 0.25) is 0 Å². The Balaban J connectivity index is 0.000000806. The van der Waals surface area contributed by atoms with Gasteiger partial charge in [0, 0.05) is 25.4 Å². The Morgan fingerprint density at radius 3 is 2.57 bits per heavy atom. The van der Waals surface area contributed by atoms with Crippen molar-refractivity contribution in [3.63, 3.8) is 0 Å². The van der Waals surface area contributed by atoms with Crippen molar-refractivity contribution in [3.8, 4) is 11.3 Å². The molecule has 3 heterocycles. The molecule has 4 rings (SSSR count). The van der Waals surface area contributed by atoms with Gasteiger partial charge in [0.25, 0.3) is 0 Å². The molecule has 3 N–H and O–H groups in total. The van der Waals surface area contributed by atoms with E-state index in [0.29, 0.717) is 17.4 Å². The molecule has 1 aliphatic carbocycles. The zero-order valence-electron chi connectivity index (χ0n) is 18.5. The van der Waals surface area contributed by atoms with Crippen LogP contribution in [0.3, 0.4) is 0 Å². The molecule has 0 bridgehead atoms. The number of rotatable bonds is 4. The van der Waals surface area contributed by atoms with E-state index < -0.39 is 0 Å². The third kappa shape index (κ3) is 4.67. The van der Waals surface area contributed by atoms with Crippen molar-refractivity contribution in [2.45, 2.75) is 44.9 Å². The van der Waals surface area contributed by atoms with Crippen LogP contribution in [0.4, 0.5) is 11.6 Å². The molecular weight excluding hydrogens is 374 g/mol. The van der Waals surface area contributed by atoms with Crippen LogP contribution < -0.4 is 16.0 Å². The molecule has 0 aromatic carbocycles. The summed E-state index contributed by atoms with van der Waals surface area (Å²) < 4.78 is 0. The SMILES string of the molecule is CCN(C)c1ncccc1-c1cc(C2CCCCC2)c2c(N)ncnc2n1.CNC. The lowest BCUT2D eigenvalue weighted by Crippen LogP contribution is -2.18. The number of hydrogen-bond donors (Lipinski definition) is 2. The Labute approximate surface area is 179 Å². The lowest BCUT2D eigenvalue weighted by molar-refractivity contribution is 0.445. The number of anilines is 2. The molecule has 1 fully saturated rings. The average Bonchev–Trinajstić information content (AvgIpc) is 2.79. The number of aromatic nitrogens is 4. The molecule has 7 heteroatoms. The highest BCUT2D eigenvalue weighted by Crippen LogP contribution is 2.39. The number of nitrogens with two attached hydrogens (primary N) is 1. The van der Waals surface area contributed by atoms with Gasteiger partial charge in [-0.1, -0.05) is 19.3 Å².